The lowest BCUT2D eigenvalue weighted by Crippen LogP contribution is -2.28. The van der Waals surface area contributed by atoms with E-state index in [-0.39, 0.29) is 5.91 Å². The van der Waals surface area contributed by atoms with Gasteiger partial charge in [0, 0.05) is 37.8 Å². The van der Waals surface area contributed by atoms with E-state index in [4.69, 9.17) is 4.74 Å². The Hall–Kier alpha value is -2.83. The number of nitrogens with zero attached hydrogens (tertiary/aromatic N) is 3. The summed E-state index contributed by atoms with van der Waals surface area (Å²) in [5, 5.41) is 7.22. The van der Waals surface area contributed by atoms with E-state index in [1.165, 1.54) is 11.6 Å². The molecule has 0 aliphatic carbocycles. The van der Waals surface area contributed by atoms with Crippen LogP contribution in [0.25, 0.3) is 11.3 Å². The molecule has 160 valence electrons. The Morgan fingerprint density at radius 3 is 2.31 bits per heavy atom. The van der Waals surface area contributed by atoms with Gasteiger partial charge in [0.1, 0.15) is 5.60 Å². The van der Waals surface area contributed by atoms with Gasteiger partial charge in [0.15, 0.2) is 0 Å². The lowest BCUT2D eigenvalue weighted by atomic mass is 9.99. The molecule has 1 amide bonds. The van der Waals surface area contributed by atoms with Crippen molar-refractivity contribution >= 4 is 23.4 Å². The summed E-state index contributed by atoms with van der Waals surface area (Å²) in [6, 6.07) is 5.61. The molecule has 3 rings (SSSR count). The quantitative estimate of drug-likeness (QED) is 0.676. The van der Waals surface area contributed by atoms with Crippen molar-refractivity contribution in [2.24, 2.45) is 0 Å². The van der Waals surface area contributed by atoms with E-state index in [2.05, 4.69) is 10.4 Å². The molecule has 7 heteroatoms. The summed E-state index contributed by atoms with van der Waals surface area (Å²) in [5.74, 6) is -0.137. The first-order chi connectivity index (χ1) is 13.7. The van der Waals surface area contributed by atoms with Gasteiger partial charge < -0.3 is 9.64 Å². The molecule has 0 fully saturated rings. The smallest absolute Gasteiger partial charge is 0.412 e. The van der Waals surface area contributed by atoms with E-state index in [1.54, 1.807) is 6.20 Å². The van der Waals surface area contributed by atoms with Gasteiger partial charge in [-0.3, -0.25) is 10.1 Å². The number of nitrogens with one attached hydrogen (secondary N) is 1. The van der Waals surface area contributed by atoms with Crippen LogP contribution < -0.4 is 10.2 Å². The summed E-state index contributed by atoms with van der Waals surface area (Å²) >= 11 is 0. The van der Waals surface area contributed by atoms with Crippen molar-refractivity contribution in [1.82, 2.24) is 9.78 Å². The number of aromatic nitrogens is 2. The average molecular weight is 403 g/mol. The Bertz CT molecular complexity index is 850. The fourth-order valence-corrected chi connectivity index (χ4v) is 2.91. The summed E-state index contributed by atoms with van der Waals surface area (Å²) < 4.78 is 6.69. The van der Waals surface area contributed by atoms with Crippen LogP contribution in [0, 0.1) is 0 Å². The molecular weight excluding hydrogens is 368 g/mol. The molecule has 0 unspecified atom stereocenters. The van der Waals surface area contributed by atoms with Crippen LogP contribution >= 0.6 is 0 Å². The highest BCUT2D eigenvalue weighted by Gasteiger charge is 2.27. The van der Waals surface area contributed by atoms with Gasteiger partial charge in [-0.1, -0.05) is 39.8 Å². The predicted octanol–water partition coefficient (Wildman–Crippen LogP) is 5.56. The summed E-state index contributed by atoms with van der Waals surface area (Å²) in [4.78, 5) is 25.8. The molecule has 0 bridgehead atoms. The summed E-state index contributed by atoms with van der Waals surface area (Å²) in [5.41, 5.74) is 3.54. The SMILES string of the molecule is CC.CC.CC(=O)n1cc2c(n1)-c1cccc(NC(=O)OC(C)(C)C)c1N(C)C2. The molecular formula is C22H34N4O3. The second-order valence-corrected chi connectivity index (χ2v) is 7.15. The zero-order valence-corrected chi connectivity index (χ0v) is 19.1. The molecule has 1 N–H and O–H groups in total. The van der Waals surface area contributed by atoms with E-state index in [1.807, 2.05) is 78.6 Å². The number of benzene rings is 1. The number of anilines is 2. The van der Waals surface area contributed by atoms with E-state index in [0.717, 1.165) is 22.5 Å². The minimum atomic E-state index is -0.571. The highest BCUT2D eigenvalue weighted by molar-refractivity contribution is 5.97. The lowest BCUT2D eigenvalue weighted by molar-refractivity contribution is 0.0635. The third kappa shape index (κ3) is 5.82. The van der Waals surface area contributed by atoms with Gasteiger partial charge in [-0.05, 0) is 26.8 Å². The maximum absolute atomic E-state index is 12.1. The molecule has 0 spiro atoms. The molecule has 0 atom stereocenters. The van der Waals surface area contributed by atoms with Crippen molar-refractivity contribution in [3.8, 4) is 11.3 Å². The lowest BCUT2D eigenvalue weighted by Gasteiger charge is -2.29. The topological polar surface area (TPSA) is 76.5 Å². The number of amides is 1. The number of hydrogen-bond donors (Lipinski definition) is 1. The molecule has 2 heterocycles. The molecule has 7 nitrogen and oxygen atoms in total. The van der Waals surface area contributed by atoms with Crippen LogP contribution in [0.1, 0.15) is 65.7 Å². The van der Waals surface area contributed by atoms with Crippen LogP contribution in [0.5, 0.6) is 0 Å². The minimum Gasteiger partial charge on any atom is -0.444 e. The second-order valence-electron chi connectivity index (χ2n) is 7.15. The zero-order valence-electron chi connectivity index (χ0n) is 19.1. The van der Waals surface area contributed by atoms with Crippen molar-refractivity contribution in [1.29, 1.82) is 0 Å². The van der Waals surface area contributed by atoms with Gasteiger partial charge in [0.25, 0.3) is 0 Å². The summed E-state index contributed by atoms with van der Waals surface area (Å²) in [7, 11) is 1.94. The molecule has 0 radical (unpaired) electrons. The van der Waals surface area contributed by atoms with Crippen LogP contribution in [0.3, 0.4) is 0 Å². The van der Waals surface area contributed by atoms with E-state index >= 15 is 0 Å². The van der Waals surface area contributed by atoms with Gasteiger partial charge in [-0.25, -0.2) is 9.48 Å². The number of fused-ring (bicyclic) bond motifs is 3. The molecule has 0 saturated heterocycles. The molecule has 1 aromatic heterocycles. The van der Waals surface area contributed by atoms with Gasteiger partial charge >= 0.3 is 6.09 Å². The first kappa shape index (κ1) is 24.2. The molecule has 29 heavy (non-hydrogen) atoms. The third-order valence-electron chi connectivity index (χ3n) is 3.83. The van der Waals surface area contributed by atoms with Crippen molar-refractivity contribution in [2.75, 3.05) is 17.3 Å². The fourth-order valence-electron chi connectivity index (χ4n) is 2.91. The normalized spacial score (nSPS) is 11.7. The molecule has 2 aromatic rings. The number of para-hydroxylation sites is 1. The number of hydrogen-bond acceptors (Lipinski definition) is 5. The standard InChI is InChI=1S/C18H22N4O3.2C2H6/c1-11(23)22-10-12-9-21(5)16-13(15(12)20-22)7-6-8-14(16)19-17(24)25-18(2,3)4;2*1-2/h6-8,10H,9H2,1-5H3,(H,19,24);2*1-2H3. The van der Waals surface area contributed by atoms with Crippen LogP contribution in [0.15, 0.2) is 24.4 Å². The Morgan fingerprint density at radius 2 is 1.76 bits per heavy atom. The average Bonchev–Trinajstić information content (AvgIpc) is 3.08. The van der Waals surface area contributed by atoms with Gasteiger partial charge in [-0.2, -0.15) is 5.10 Å². The van der Waals surface area contributed by atoms with Crippen LogP contribution in [-0.2, 0) is 11.3 Å². The van der Waals surface area contributed by atoms with Crippen molar-refractivity contribution in [3.05, 3.63) is 30.0 Å². The van der Waals surface area contributed by atoms with Gasteiger partial charge in [-0.15, -0.1) is 0 Å². The number of carbonyl (C=O) groups is 2. The molecule has 1 aliphatic heterocycles. The largest absolute Gasteiger partial charge is 0.444 e. The minimum absolute atomic E-state index is 0.137. The second kappa shape index (κ2) is 10.1. The predicted molar refractivity (Wildman–Crippen MR) is 119 cm³/mol. The number of ether oxygens (including phenoxy) is 1. The van der Waals surface area contributed by atoms with Crippen LogP contribution in [0.4, 0.5) is 16.2 Å². The molecule has 1 aromatic carbocycles. The maximum atomic E-state index is 12.1. The van der Waals surface area contributed by atoms with E-state index in [0.29, 0.717) is 12.2 Å². The van der Waals surface area contributed by atoms with Crippen LogP contribution in [0.2, 0.25) is 0 Å². The monoisotopic (exact) mass is 402 g/mol. The molecule has 0 saturated carbocycles. The Morgan fingerprint density at radius 1 is 1.14 bits per heavy atom. The molecule has 1 aliphatic rings. The van der Waals surface area contributed by atoms with Crippen molar-refractivity contribution in [3.63, 3.8) is 0 Å². The van der Waals surface area contributed by atoms with Crippen molar-refractivity contribution in [2.45, 2.75) is 67.5 Å². The highest BCUT2D eigenvalue weighted by Crippen LogP contribution is 2.42. The Balaban J connectivity index is 0.000000989. The third-order valence-corrected chi connectivity index (χ3v) is 3.83. The number of carbonyl (C=O) groups excluding carboxylic acids is 2. The van der Waals surface area contributed by atoms with Crippen molar-refractivity contribution < 1.29 is 14.3 Å². The fraction of sp³-hybridized carbons (Fsp3) is 0.500. The van der Waals surface area contributed by atoms with E-state index in [9.17, 15) is 9.59 Å². The first-order valence-electron chi connectivity index (χ1n) is 10.1. The first-order valence-corrected chi connectivity index (χ1v) is 10.1. The highest BCUT2D eigenvalue weighted by atomic mass is 16.6. The van der Waals surface area contributed by atoms with Gasteiger partial charge in [0.05, 0.1) is 17.1 Å². The Labute approximate surface area is 174 Å². The number of rotatable bonds is 1. The Kier molecular flexibility index (Phi) is 8.42. The van der Waals surface area contributed by atoms with Gasteiger partial charge in [0.2, 0.25) is 5.91 Å². The summed E-state index contributed by atoms with van der Waals surface area (Å²) in [6.07, 6.45) is 1.25. The van der Waals surface area contributed by atoms with E-state index < -0.39 is 11.7 Å². The maximum Gasteiger partial charge on any atom is 0.412 e. The zero-order chi connectivity index (χ0) is 22.4. The summed E-state index contributed by atoms with van der Waals surface area (Å²) in [6.45, 7) is 15.5. The van der Waals surface area contributed by atoms with Crippen LogP contribution in [-0.4, -0.2) is 34.4 Å².